The van der Waals surface area contributed by atoms with Crippen LogP contribution in [0.15, 0.2) is 42.7 Å². The summed E-state index contributed by atoms with van der Waals surface area (Å²) < 4.78 is 12.6. The summed E-state index contributed by atoms with van der Waals surface area (Å²) in [6.45, 7) is 1.14. The average molecular weight is 332 g/mol. The van der Waals surface area contributed by atoms with Crippen LogP contribution in [0.25, 0.3) is 0 Å². The molecule has 1 aromatic heterocycles. The predicted octanol–water partition coefficient (Wildman–Crippen LogP) is 2.78. The second-order valence-electron chi connectivity index (χ2n) is 5.28. The molecule has 2 heterocycles. The minimum Gasteiger partial charge on any atom is -0.493 e. The molecule has 3 rings (SSSR count). The van der Waals surface area contributed by atoms with E-state index >= 15 is 0 Å². The second kappa shape index (κ2) is 7.00. The number of amides is 1. The topological polar surface area (TPSA) is 43.7 Å². The molecule has 0 radical (unpaired) electrons. The standard InChI is InChI=1S/C17H20N2O3S/c1-21-14-6-5-13(11-15(14)22-2)17-19(9-10-23-17)16(20)12-18-7-3-4-8-18/h3-8,11,17H,9-10,12H2,1-2H3. The fraction of sp³-hybridized carbons (Fsp3) is 0.353. The van der Waals surface area contributed by atoms with Crippen molar-refractivity contribution in [1.82, 2.24) is 9.47 Å². The van der Waals surface area contributed by atoms with E-state index in [0.717, 1.165) is 17.9 Å². The quantitative estimate of drug-likeness (QED) is 0.844. The Hall–Kier alpha value is -2.08. The number of rotatable bonds is 5. The lowest BCUT2D eigenvalue weighted by atomic mass is 10.1. The van der Waals surface area contributed by atoms with Crippen LogP contribution in [0.5, 0.6) is 11.5 Å². The zero-order chi connectivity index (χ0) is 16.2. The van der Waals surface area contributed by atoms with E-state index in [1.54, 1.807) is 26.0 Å². The molecule has 1 atom stereocenters. The number of carbonyl (C=O) groups is 1. The summed E-state index contributed by atoms with van der Waals surface area (Å²) in [5, 5.41) is 0.0258. The van der Waals surface area contributed by atoms with Crippen molar-refractivity contribution in [2.24, 2.45) is 0 Å². The third-order valence-electron chi connectivity index (χ3n) is 3.89. The molecule has 0 saturated carbocycles. The monoisotopic (exact) mass is 332 g/mol. The van der Waals surface area contributed by atoms with Crippen LogP contribution in [0.1, 0.15) is 10.9 Å². The van der Waals surface area contributed by atoms with Crippen molar-refractivity contribution in [3.8, 4) is 11.5 Å². The molecule has 1 unspecified atom stereocenters. The molecule has 0 spiro atoms. The number of carbonyl (C=O) groups excluding carboxylic acids is 1. The van der Waals surface area contributed by atoms with E-state index in [-0.39, 0.29) is 11.3 Å². The summed E-state index contributed by atoms with van der Waals surface area (Å²) in [6, 6.07) is 9.70. The van der Waals surface area contributed by atoms with Crippen LogP contribution in [0.2, 0.25) is 0 Å². The lowest BCUT2D eigenvalue weighted by Crippen LogP contribution is -2.33. The summed E-state index contributed by atoms with van der Waals surface area (Å²) in [5.41, 5.74) is 1.06. The van der Waals surface area contributed by atoms with Crippen LogP contribution in [-0.4, -0.2) is 41.9 Å². The summed E-state index contributed by atoms with van der Waals surface area (Å²) in [4.78, 5) is 14.5. The normalized spacial score (nSPS) is 17.3. The van der Waals surface area contributed by atoms with Crippen LogP contribution < -0.4 is 9.47 Å². The first kappa shape index (κ1) is 15.8. The molecular formula is C17H20N2O3S. The maximum atomic E-state index is 12.6. The Bertz CT molecular complexity index is 672. The van der Waals surface area contributed by atoms with Crippen LogP contribution in [0.4, 0.5) is 0 Å². The molecule has 2 aromatic rings. The molecule has 1 aliphatic heterocycles. The van der Waals surface area contributed by atoms with E-state index in [4.69, 9.17) is 9.47 Å². The minimum absolute atomic E-state index is 0.0258. The van der Waals surface area contributed by atoms with Gasteiger partial charge in [-0.15, -0.1) is 11.8 Å². The molecule has 122 valence electrons. The van der Waals surface area contributed by atoms with Crippen molar-refractivity contribution >= 4 is 17.7 Å². The van der Waals surface area contributed by atoms with Gasteiger partial charge >= 0.3 is 0 Å². The van der Waals surface area contributed by atoms with Gasteiger partial charge in [-0.1, -0.05) is 6.07 Å². The maximum Gasteiger partial charge on any atom is 0.243 e. The maximum absolute atomic E-state index is 12.6. The van der Waals surface area contributed by atoms with Gasteiger partial charge in [0.15, 0.2) is 11.5 Å². The first-order valence-corrected chi connectivity index (χ1v) is 8.51. The van der Waals surface area contributed by atoms with Crippen molar-refractivity contribution in [2.45, 2.75) is 11.9 Å². The van der Waals surface area contributed by atoms with Crippen LogP contribution in [0, 0.1) is 0 Å². The third kappa shape index (κ3) is 3.32. The lowest BCUT2D eigenvalue weighted by Gasteiger charge is -2.25. The predicted molar refractivity (Wildman–Crippen MR) is 90.9 cm³/mol. The molecular weight excluding hydrogens is 312 g/mol. The number of aromatic nitrogens is 1. The fourth-order valence-corrected chi connectivity index (χ4v) is 4.00. The highest BCUT2D eigenvalue weighted by Crippen LogP contribution is 2.41. The zero-order valence-corrected chi connectivity index (χ0v) is 14.1. The van der Waals surface area contributed by atoms with Gasteiger partial charge in [0, 0.05) is 24.7 Å². The lowest BCUT2D eigenvalue weighted by molar-refractivity contribution is -0.132. The van der Waals surface area contributed by atoms with E-state index in [1.807, 2.05) is 52.2 Å². The van der Waals surface area contributed by atoms with Gasteiger partial charge in [-0.3, -0.25) is 4.79 Å². The van der Waals surface area contributed by atoms with Crippen molar-refractivity contribution in [3.63, 3.8) is 0 Å². The van der Waals surface area contributed by atoms with Gasteiger partial charge in [-0.05, 0) is 29.8 Å². The van der Waals surface area contributed by atoms with Crippen molar-refractivity contribution in [1.29, 1.82) is 0 Å². The van der Waals surface area contributed by atoms with Crippen LogP contribution in [-0.2, 0) is 11.3 Å². The van der Waals surface area contributed by atoms with E-state index in [9.17, 15) is 4.79 Å². The Morgan fingerprint density at radius 3 is 2.65 bits per heavy atom. The first-order valence-electron chi connectivity index (χ1n) is 7.46. The van der Waals surface area contributed by atoms with Gasteiger partial charge < -0.3 is 18.9 Å². The van der Waals surface area contributed by atoms with Crippen molar-refractivity contribution < 1.29 is 14.3 Å². The molecule has 23 heavy (non-hydrogen) atoms. The van der Waals surface area contributed by atoms with Gasteiger partial charge in [-0.2, -0.15) is 0 Å². The SMILES string of the molecule is COc1ccc(C2SCCN2C(=O)Cn2cccc2)cc1OC. The Labute approximate surface area is 140 Å². The highest BCUT2D eigenvalue weighted by Gasteiger charge is 2.31. The van der Waals surface area contributed by atoms with E-state index < -0.39 is 0 Å². The molecule has 6 heteroatoms. The molecule has 1 fully saturated rings. The first-order chi connectivity index (χ1) is 11.2. The van der Waals surface area contributed by atoms with Crippen molar-refractivity contribution in [3.05, 3.63) is 48.3 Å². The number of hydrogen-bond donors (Lipinski definition) is 0. The summed E-state index contributed by atoms with van der Waals surface area (Å²) in [7, 11) is 3.24. The van der Waals surface area contributed by atoms with E-state index in [1.165, 1.54) is 0 Å². The molecule has 1 amide bonds. The summed E-state index contributed by atoms with van der Waals surface area (Å²) in [5.74, 6) is 2.46. The molecule has 0 bridgehead atoms. The van der Waals surface area contributed by atoms with Gasteiger partial charge in [-0.25, -0.2) is 0 Å². The van der Waals surface area contributed by atoms with E-state index in [2.05, 4.69) is 0 Å². The van der Waals surface area contributed by atoms with Crippen LogP contribution >= 0.6 is 11.8 Å². The molecule has 0 aliphatic carbocycles. The number of ether oxygens (including phenoxy) is 2. The van der Waals surface area contributed by atoms with Gasteiger partial charge in [0.1, 0.15) is 11.9 Å². The minimum atomic E-state index is 0.0258. The third-order valence-corrected chi connectivity index (χ3v) is 5.15. The smallest absolute Gasteiger partial charge is 0.243 e. The Morgan fingerprint density at radius 1 is 1.22 bits per heavy atom. The van der Waals surface area contributed by atoms with Gasteiger partial charge in [0.2, 0.25) is 5.91 Å². The molecule has 1 saturated heterocycles. The van der Waals surface area contributed by atoms with Crippen LogP contribution in [0.3, 0.4) is 0 Å². The number of benzene rings is 1. The molecule has 1 aromatic carbocycles. The number of hydrogen-bond acceptors (Lipinski definition) is 4. The van der Waals surface area contributed by atoms with Gasteiger partial charge in [0.05, 0.1) is 14.2 Å². The summed E-state index contributed by atoms with van der Waals surface area (Å²) in [6.07, 6.45) is 3.82. The number of thioether (sulfide) groups is 1. The highest BCUT2D eigenvalue weighted by atomic mass is 32.2. The fourth-order valence-electron chi connectivity index (χ4n) is 2.73. The van der Waals surface area contributed by atoms with E-state index in [0.29, 0.717) is 18.0 Å². The highest BCUT2D eigenvalue weighted by molar-refractivity contribution is 7.99. The summed E-state index contributed by atoms with van der Waals surface area (Å²) >= 11 is 1.78. The number of methoxy groups -OCH3 is 2. The largest absolute Gasteiger partial charge is 0.493 e. The Morgan fingerprint density at radius 2 is 1.96 bits per heavy atom. The molecule has 1 aliphatic rings. The molecule has 5 nitrogen and oxygen atoms in total. The Balaban J connectivity index is 1.79. The second-order valence-corrected chi connectivity index (χ2v) is 6.47. The van der Waals surface area contributed by atoms with Gasteiger partial charge in [0.25, 0.3) is 0 Å². The molecule has 0 N–H and O–H groups in total. The zero-order valence-electron chi connectivity index (χ0n) is 13.3. The Kier molecular flexibility index (Phi) is 4.81. The number of nitrogens with zero attached hydrogens (tertiary/aromatic N) is 2. The van der Waals surface area contributed by atoms with Crippen molar-refractivity contribution in [2.75, 3.05) is 26.5 Å². The average Bonchev–Trinajstić information content (AvgIpc) is 3.25.